The smallest absolute Gasteiger partial charge is 0.309 e. The van der Waals surface area contributed by atoms with Gasteiger partial charge < -0.3 is 9.15 Å². The van der Waals surface area contributed by atoms with Gasteiger partial charge in [-0.25, -0.2) is 0 Å². The van der Waals surface area contributed by atoms with Gasteiger partial charge in [-0.1, -0.05) is 25.1 Å². The maximum atomic E-state index is 11.4. The first-order valence-electron chi connectivity index (χ1n) is 6.74. The van der Waals surface area contributed by atoms with Crippen LogP contribution in [0.3, 0.4) is 0 Å². The molecule has 6 nitrogen and oxygen atoms in total. The molecule has 0 fully saturated rings. The summed E-state index contributed by atoms with van der Waals surface area (Å²) >= 11 is 0. The van der Waals surface area contributed by atoms with Crippen LogP contribution in [-0.4, -0.2) is 41.8 Å². The molecule has 1 aromatic heterocycles. The van der Waals surface area contributed by atoms with E-state index in [0.717, 1.165) is 5.56 Å². The van der Waals surface area contributed by atoms with E-state index in [0.29, 0.717) is 24.9 Å². The predicted octanol–water partition coefficient (Wildman–Crippen LogP) is 1.98. The van der Waals surface area contributed by atoms with Gasteiger partial charge in [-0.3, -0.25) is 9.69 Å². The Hall–Kier alpha value is -2.21. The summed E-state index contributed by atoms with van der Waals surface area (Å²) in [5.41, 5.74) is 0.891. The Balaban J connectivity index is 1.95. The maximum Gasteiger partial charge on any atom is 0.309 e. The first-order valence-corrected chi connectivity index (χ1v) is 6.74. The molecule has 1 atom stereocenters. The SMILES string of the molecule is COC(=O)C(C)CN(C)Cc1nnc(-c2ccccc2)o1. The first kappa shape index (κ1) is 15.2. The van der Waals surface area contributed by atoms with Gasteiger partial charge in [0.1, 0.15) is 0 Å². The maximum absolute atomic E-state index is 11.4. The van der Waals surface area contributed by atoms with Gasteiger partial charge in [0.15, 0.2) is 0 Å². The van der Waals surface area contributed by atoms with Crippen LogP contribution >= 0.6 is 0 Å². The third-order valence-electron chi connectivity index (χ3n) is 3.08. The molecule has 0 saturated carbocycles. The number of hydrogen-bond donors (Lipinski definition) is 0. The topological polar surface area (TPSA) is 68.5 Å². The standard InChI is InChI=1S/C15H19N3O3/c1-11(15(19)20-3)9-18(2)10-13-16-17-14(21-13)12-7-5-4-6-8-12/h4-8,11H,9-10H2,1-3H3. The molecule has 0 bridgehead atoms. The highest BCUT2D eigenvalue weighted by Crippen LogP contribution is 2.17. The van der Waals surface area contributed by atoms with Crippen LogP contribution in [0.4, 0.5) is 0 Å². The quantitative estimate of drug-likeness (QED) is 0.757. The molecule has 0 amide bonds. The van der Waals surface area contributed by atoms with Crippen molar-refractivity contribution in [3.05, 3.63) is 36.2 Å². The molecule has 21 heavy (non-hydrogen) atoms. The molecule has 0 spiro atoms. The van der Waals surface area contributed by atoms with Crippen molar-refractivity contribution in [2.24, 2.45) is 5.92 Å². The van der Waals surface area contributed by atoms with Gasteiger partial charge in [0.25, 0.3) is 0 Å². The lowest BCUT2D eigenvalue weighted by Crippen LogP contribution is -2.29. The Morgan fingerprint density at radius 1 is 1.33 bits per heavy atom. The van der Waals surface area contributed by atoms with E-state index < -0.39 is 0 Å². The number of hydrogen-bond acceptors (Lipinski definition) is 6. The zero-order valence-corrected chi connectivity index (χ0v) is 12.4. The summed E-state index contributed by atoms with van der Waals surface area (Å²) in [6.45, 7) is 2.88. The number of nitrogens with zero attached hydrogens (tertiary/aromatic N) is 3. The highest BCUT2D eigenvalue weighted by atomic mass is 16.5. The first-order chi connectivity index (χ1) is 10.1. The minimum Gasteiger partial charge on any atom is -0.469 e. The fraction of sp³-hybridized carbons (Fsp3) is 0.400. The van der Waals surface area contributed by atoms with Crippen LogP contribution in [0.5, 0.6) is 0 Å². The summed E-state index contributed by atoms with van der Waals surface area (Å²) in [6, 6.07) is 9.61. The van der Waals surface area contributed by atoms with Gasteiger partial charge in [0.05, 0.1) is 19.6 Å². The molecule has 0 aliphatic carbocycles. The van der Waals surface area contributed by atoms with Crippen molar-refractivity contribution in [2.45, 2.75) is 13.5 Å². The molecule has 0 aliphatic heterocycles. The molecule has 2 rings (SSSR count). The summed E-state index contributed by atoms with van der Waals surface area (Å²) in [5, 5.41) is 8.07. The monoisotopic (exact) mass is 289 g/mol. The van der Waals surface area contributed by atoms with Crippen LogP contribution in [0.2, 0.25) is 0 Å². The van der Waals surface area contributed by atoms with E-state index >= 15 is 0 Å². The second kappa shape index (κ2) is 6.99. The van der Waals surface area contributed by atoms with Crippen molar-refractivity contribution in [1.82, 2.24) is 15.1 Å². The number of ether oxygens (including phenoxy) is 1. The third-order valence-corrected chi connectivity index (χ3v) is 3.08. The Morgan fingerprint density at radius 2 is 2.05 bits per heavy atom. The summed E-state index contributed by atoms with van der Waals surface area (Å²) in [4.78, 5) is 13.3. The fourth-order valence-electron chi connectivity index (χ4n) is 2.05. The van der Waals surface area contributed by atoms with Crippen molar-refractivity contribution in [3.63, 3.8) is 0 Å². The van der Waals surface area contributed by atoms with Gasteiger partial charge in [0.2, 0.25) is 11.8 Å². The largest absolute Gasteiger partial charge is 0.469 e. The average Bonchev–Trinajstić information content (AvgIpc) is 2.95. The van der Waals surface area contributed by atoms with E-state index in [1.807, 2.05) is 49.2 Å². The van der Waals surface area contributed by atoms with E-state index in [-0.39, 0.29) is 11.9 Å². The number of esters is 1. The number of aromatic nitrogens is 2. The molecule has 1 aromatic carbocycles. The van der Waals surface area contributed by atoms with Crippen molar-refractivity contribution in [3.8, 4) is 11.5 Å². The van der Waals surface area contributed by atoms with Gasteiger partial charge >= 0.3 is 5.97 Å². The summed E-state index contributed by atoms with van der Waals surface area (Å²) in [6.07, 6.45) is 0. The lowest BCUT2D eigenvalue weighted by Gasteiger charge is -2.17. The zero-order chi connectivity index (χ0) is 15.2. The van der Waals surface area contributed by atoms with E-state index in [1.165, 1.54) is 7.11 Å². The number of carbonyl (C=O) groups is 1. The molecule has 0 aliphatic rings. The molecular formula is C15H19N3O3. The fourth-order valence-corrected chi connectivity index (χ4v) is 2.05. The zero-order valence-electron chi connectivity index (χ0n) is 12.4. The molecule has 1 unspecified atom stereocenters. The lowest BCUT2D eigenvalue weighted by molar-refractivity contribution is -0.145. The summed E-state index contributed by atoms with van der Waals surface area (Å²) in [7, 11) is 3.29. The van der Waals surface area contributed by atoms with Gasteiger partial charge in [-0.05, 0) is 19.2 Å². The van der Waals surface area contributed by atoms with Gasteiger partial charge in [-0.2, -0.15) is 0 Å². The Kier molecular flexibility index (Phi) is 5.05. The summed E-state index contributed by atoms with van der Waals surface area (Å²) < 4.78 is 10.3. The lowest BCUT2D eigenvalue weighted by atomic mass is 10.2. The molecule has 0 N–H and O–H groups in total. The number of rotatable bonds is 6. The van der Waals surface area contributed by atoms with E-state index in [9.17, 15) is 4.79 Å². The van der Waals surface area contributed by atoms with Crippen LogP contribution in [-0.2, 0) is 16.1 Å². The molecular weight excluding hydrogens is 270 g/mol. The van der Waals surface area contributed by atoms with E-state index in [1.54, 1.807) is 0 Å². The van der Waals surface area contributed by atoms with Crippen molar-refractivity contribution >= 4 is 5.97 Å². The molecule has 0 radical (unpaired) electrons. The van der Waals surface area contributed by atoms with Crippen molar-refractivity contribution in [2.75, 3.05) is 20.7 Å². The van der Waals surface area contributed by atoms with Crippen LogP contribution in [0.15, 0.2) is 34.7 Å². The number of methoxy groups -OCH3 is 1. The predicted molar refractivity (Wildman–Crippen MR) is 77.2 cm³/mol. The van der Waals surface area contributed by atoms with Crippen LogP contribution < -0.4 is 0 Å². The molecule has 112 valence electrons. The third kappa shape index (κ3) is 4.13. The molecule has 0 saturated heterocycles. The molecule has 2 aromatic rings. The van der Waals surface area contributed by atoms with Gasteiger partial charge in [-0.15, -0.1) is 10.2 Å². The summed E-state index contributed by atoms with van der Waals surface area (Å²) in [5.74, 6) is 0.599. The normalized spacial score (nSPS) is 12.4. The highest BCUT2D eigenvalue weighted by Gasteiger charge is 2.17. The average molecular weight is 289 g/mol. The highest BCUT2D eigenvalue weighted by molar-refractivity contribution is 5.72. The van der Waals surface area contributed by atoms with Crippen LogP contribution in [0.1, 0.15) is 12.8 Å². The molecule has 1 heterocycles. The Bertz CT molecular complexity index is 583. The van der Waals surface area contributed by atoms with Gasteiger partial charge in [0, 0.05) is 12.1 Å². The second-order valence-electron chi connectivity index (χ2n) is 4.99. The van der Waals surface area contributed by atoms with E-state index in [2.05, 4.69) is 10.2 Å². The van der Waals surface area contributed by atoms with E-state index in [4.69, 9.17) is 9.15 Å². The minimum atomic E-state index is -0.225. The second-order valence-corrected chi connectivity index (χ2v) is 4.99. The van der Waals surface area contributed by atoms with Crippen LogP contribution in [0, 0.1) is 5.92 Å². The van der Waals surface area contributed by atoms with Crippen molar-refractivity contribution < 1.29 is 13.9 Å². The van der Waals surface area contributed by atoms with Crippen LogP contribution in [0.25, 0.3) is 11.5 Å². The van der Waals surface area contributed by atoms with Crippen molar-refractivity contribution in [1.29, 1.82) is 0 Å². The minimum absolute atomic E-state index is 0.198. The molecule has 6 heteroatoms. The Morgan fingerprint density at radius 3 is 2.71 bits per heavy atom. The Labute approximate surface area is 123 Å². The number of carbonyl (C=O) groups excluding carboxylic acids is 1. The number of benzene rings is 1.